The Morgan fingerprint density at radius 2 is 1.71 bits per heavy atom. The molecule has 0 radical (unpaired) electrons. The third kappa shape index (κ3) is 4.31. The molecule has 3 heteroatoms. The molecule has 3 nitrogen and oxygen atoms in total. The van der Waals surface area contributed by atoms with Crippen LogP contribution < -0.4 is 0 Å². The van der Waals surface area contributed by atoms with Crippen LogP contribution >= 0.6 is 0 Å². The van der Waals surface area contributed by atoms with Crippen LogP contribution in [-0.2, 0) is 4.74 Å². The molecule has 0 atom stereocenters. The number of aliphatic hydroxyl groups excluding tert-OH is 1. The van der Waals surface area contributed by atoms with Gasteiger partial charge in [-0.15, -0.1) is 0 Å². The van der Waals surface area contributed by atoms with Crippen LogP contribution in [0.25, 0.3) is 5.76 Å². The first-order valence-electron chi connectivity index (χ1n) is 5.45. The molecule has 0 saturated heterocycles. The quantitative estimate of drug-likeness (QED) is 0.644. The van der Waals surface area contributed by atoms with Gasteiger partial charge in [-0.25, -0.2) is 4.79 Å². The fraction of sp³-hybridized carbons (Fsp3) is 0.357. The number of carbonyl (C=O) groups excluding carboxylic acids is 1. The highest BCUT2D eigenvalue weighted by molar-refractivity contribution is 5.89. The van der Waals surface area contributed by atoms with Gasteiger partial charge >= 0.3 is 5.97 Å². The predicted molar refractivity (Wildman–Crippen MR) is 67.8 cm³/mol. The molecule has 0 bridgehead atoms. The largest absolute Gasteiger partial charge is 0.508 e. The number of esters is 1. The summed E-state index contributed by atoms with van der Waals surface area (Å²) in [6.45, 7) is 9.78. The van der Waals surface area contributed by atoms with Gasteiger partial charge in [0.2, 0.25) is 0 Å². The summed E-state index contributed by atoms with van der Waals surface area (Å²) in [6.07, 6.45) is 0. The van der Waals surface area contributed by atoms with Crippen LogP contribution in [0.3, 0.4) is 0 Å². The second kappa shape index (κ2) is 5.04. The lowest BCUT2D eigenvalue weighted by atomic mass is 9.99. The molecule has 17 heavy (non-hydrogen) atoms. The average molecular weight is 234 g/mol. The summed E-state index contributed by atoms with van der Waals surface area (Å²) in [4.78, 5) is 11.7. The van der Waals surface area contributed by atoms with Crippen LogP contribution in [0.4, 0.5) is 0 Å². The van der Waals surface area contributed by atoms with Gasteiger partial charge in [0.1, 0.15) is 5.76 Å². The van der Waals surface area contributed by atoms with E-state index in [0.717, 1.165) is 0 Å². The summed E-state index contributed by atoms with van der Waals surface area (Å²) in [6, 6.07) is 6.50. The zero-order valence-electron chi connectivity index (χ0n) is 10.5. The predicted octanol–water partition coefficient (Wildman–Crippen LogP) is 3.42. The van der Waals surface area contributed by atoms with Gasteiger partial charge < -0.3 is 9.84 Å². The Balaban J connectivity index is 2.67. The Hall–Kier alpha value is -1.77. The zero-order chi connectivity index (χ0) is 13.1. The van der Waals surface area contributed by atoms with Gasteiger partial charge in [0.25, 0.3) is 0 Å². The van der Waals surface area contributed by atoms with E-state index in [4.69, 9.17) is 9.84 Å². The summed E-state index contributed by atoms with van der Waals surface area (Å²) >= 11 is 0. The van der Waals surface area contributed by atoms with E-state index in [9.17, 15) is 4.79 Å². The molecule has 0 aliphatic heterocycles. The van der Waals surface area contributed by atoms with Crippen molar-refractivity contribution in [3.8, 4) is 0 Å². The van der Waals surface area contributed by atoms with Crippen molar-refractivity contribution < 1.29 is 14.6 Å². The average Bonchev–Trinajstić information content (AvgIpc) is 2.25. The maximum absolute atomic E-state index is 11.7. The van der Waals surface area contributed by atoms with Gasteiger partial charge in [-0.3, -0.25) is 0 Å². The summed E-state index contributed by atoms with van der Waals surface area (Å²) < 4.78 is 5.17. The first kappa shape index (κ1) is 13.3. The van der Waals surface area contributed by atoms with Crippen molar-refractivity contribution in [2.24, 2.45) is 5.41 Å². The van der Waals surface area contributed by atoms with Crippen LogP contribution in [-0.4, -0.2) is 17.7 Å². The second-order valence-corrected chi connectivity index (χ2v) is 5.16. The van der Waals surface area contributed by atoms with Crippen molar-refractivity contribution in [1.29, 1.82) is 0 Å². The Morgan fingerprint density at radius 3 is 2.12 bits per heavy atom. The van der Waals surface area contributed by atoms with Gasteiger partial charge in [-0.05, 0) is 17.5 Å². The van der Waals surface area contributed by atoms with E-state index in [-0.39, 0.29) is 17.1 Å². The third-order valence-corrected chi connectivity index (χ3v) is 2.09. The molecule has 0 fully saturated rings. The standard InChI is InChI=1S/C14H18O3/c1-10(15)11-5-7-12(8-6-11)13(16)17-9-14(2,3)4/h5-8,15H,1,9H2,2-4H3. The maximum Gasteiger partial charge on any atom is 0.338 e. The Morgan fingerprint density at radius 1 is 1.24 bits per heavy atom. The molecule has 0 aromatic heterocycles. The normalized spacial score (nSPS) is 11.0. The summed E-state index contributed by atoms with van der Waals surface area (Å²) in [7, 11) is 0. The molecule has 0 spiro atoms. The molecular formula is C14H18O3. The van der Waals surface area contributed by atoms with Crippen LogP contribution in [0, 0.1) is 5.41 Å². The van der Waals surface area contributed by atoms with Crippen molar-refractivity contribution in [1.82, 2.24) is 0 Å². The van der Waals surface area contributed by atoms with Crippen LogP contribution in [0.2, 0.25) is 0 Å². The number of ether oxygens (including phenoxy) is 1. The van der Waals surface area contributed by atoms with Crippen LogP contribution in [0.1, 0.15) is 36.7 Å². The maximum atomic E-state index is 11.7. The molecule has 0 saturated carbocycles. The van der Waals surface area contributed by atoms with Crippen LogP contribution in [0.15, 0.2) is 30.8 Å². The number of hydrogen-bond acceptors (Lipinski definition) is 3. The fourth-order valence-corrected chi connectivity index (χ4v) is 1.16. The Bertz CT molecular complexity index is 410. The zero-order valence-corrected chi connectivity index (χ0v) is 10.5. The van der Waals surface area contributed by atoms with Crippen molar-refractivity contribution in [2.75, 3.05) is 6.61 Å². The van der Waals surface area contributed by atoms with Crippen molar-refractivity contribution in [3.05, 3.63) is 42.0 Å². The molecule has 1 rings (SSSR count). The van der Waals surface area contributed by atoms with Gasteiger partial charge in [-0.1, -0.05) is 39.5 Å². The minimum atomic E-state index is -0.352. The molecule has 1 N–H and O–H groups in total. The highest BCUT2D eigenvalue weighted by atomic mass is 16.5. The first-order valence-corrected chi connectivity index (χ1v) is 5.45. The molecule has 0 amide bonds. The minimum Gasteiger partial charge on any atom is -0.508 e. The van der Waals surface area contributed by atoms with E-state index >= 15 is 0 Å². The summed E-state index contributed by atoms with van der Waals surface area (Å²) in [5.74, 6) is -0.366. The number of carbonyl (C=O) groups is 1. The second-order valence-electron chi connectivity index (χ2n) is 5.16. The van der Waals surface area contributed by atoms with E-state index < -0.39 is 0 Å². The monoisotopic (exact) mass is 234 g/mol. The molecule has 1 aromatic rings. The lowest BCUT2D eigenvalue weighted by Gasteiger charge is -2.17. The number of hydrogen-bond donors (Lipinski definition) is 1. The molecule has 1 aromatic carbocycles. The van der Waals surface area contributed by atoms with Crippen LogP contribution in [0.5, 0.6) is 0 Å². The lowest BCUT2D eigenvalue weighted by molar-refractivity contribution is 0.0367. The number of rotatable bonds is 3. The highest BCUT2D eigenvalue weighted by Gasteiger charge is 2.14. The van der Waals surface area contributed by atoms with Gasteiger partial charge in [0.05, 0.1) is 12.2 Å². The third-order valence-electron chi connectivity index (χ3n) is 2.09. The Kier molecular flexibility index (Phi) is 3.94. The Labute approximate surface area is 102 Å². The summed E-state index contributed by atoms with van der Waals surface area (Å²) in [5, 5.41) is 9.15. The smallest absolute Gasteiger partial charge is 0.338 e. The van der Waals surface area contributed by atoms with E-state index in [1.54, 1.807) is 24.3 Å². The molecule has 0 aliphatic carbocycles. The molecule has 92 valence electrons. The number of aliphatic hydroxyl groups is 1. The molecule has 0 aliphatic rings. The van der Waals surface area contributed by atoms with Crippen molar-refractivity contribution >= 4 is 11.7 Å². The van der Waals surface area contributed by atoms with Gasteiger partial charge in [0.15, 0.2) is 0 Å². The van der Waals surface area contributed by atoms with Gasteiger partial charge in [-0.2, -0.15) is 0 Å². The van der Waals surface area contributed by atoms with Crippen molar-refractivity contribution in [3.63, 3.8) is 0 Å². The number of benzene rings is 1. The highest BCUT2D eigenvalue weighted by Crippen LogP contribution is 2.15. The van der Waals surface area contributed by atoms with Gasteiger partial charge in [0, 0.05) is 5.56 Å². The SMILES string of the molecule is C=C(O)c1ccc(C(=O)OCC(C)(C)C)cc1. The van der Waals surface area contributed by atoms with E-state index in [1.165, 1.54) is 0 Å². The van der Waals surface area contributed by atoms with E-state index in [2.05, 4.69) is 6.58 Å². The molecule has 0 heterocycles. The minimum absolute atomic E-state index is 0.0143. The first-order chi connectivity index (χ1) is 7.79. The topological polar surface area (TPSA) is 46.5 Å². The van der Waals surface area contributed by atoms with E-state index in [0.29, 0.717) is 17.7 Å². The van der Waals surface area contributed by atoms with E-state index in [1.807, 2.05) is 20.8 Å². The molecule has 0 unspecified atom stereocenters. The summed E-state index contributed by atoms with van der Waals surface area (Å²) in [5.41, 5.74) is 1.02. The fourth-order valence-electron chi connectivity index (χ4n) is 1.16. The van der Waals surface area contributed by atoms with Crippen molar-refractivity contribution in [2.45, 2.75) is 20.8 Å². The lowest BCUT2D eigenvalue weighted by Crippen LogP contribution is -2.18. The molecular weight excluding hydrogens is 216 g/mol.